The Morgan fingerprint density at radius 3 is 2.29 bits per heavy atom. The minimum absolute atomic E-state index is 0.158. The number of aliphatic hydroxyl groups is 1. The highest BCUT2D eigenvalue weighted by Gasteiger charge is 2.14. The van der Waals surface area contributed by atoms with Crippen LogP contribution in [0.15, 0.2) is 67.0 Å². The van der Waals surface area contributed by atoms with E-state index in [0.717, 1.165) is 16.7 Å². The molecule has 7 nitrogen and oxygen atoms in total. The maximum absolute atomic E-state index is 10.2. The van der Waals surface area contributed by atoms with Gasteiger partial charge in [-0.3, -0.25) is 10.8 Å². The maximum Gasteiger partial charge on any atom is 0.158 e. The molecule has 6 N–H and O–H groups in total. The van der Waals surface area contributed by atoms with Crippen molar-refractivity contribution in [2.24, 2.45) is 5.84 Å². The van der Waals surface area contributed by atoms with Crippen molar-refractivity contribution in [3.05, 3.63) is 72.6 Å². The van der Waals surface area contributed by atoms with Gasteiger partial charge in [0.05, 0.1) is 11.2 Å². The molecule has 0 aliphatic carbocycles. The summed E-state index contributed by atoms with van der Waals surface area (Å²) in [7, 11) is 0. The molecule has 0 radical (unpaired) electrons. The second-order valence-corrected chi connectivity index (χ2v) is 6.34. The van der Waals surface area contributed by atoms with Crippen LogP contribution >= 0.6 is 0 Å². The van der Waals surface area contributed by atoms with Crippen molar-refractivity contribution in [1.82, 2.24) is 15.4 Å². The number of nitrogens with one attached hydrogen (secondary N) is 1. The number of hydrogen-bond donors (Lipinski definition) is 5. The number of aromatic nitrogens is 2. The van der Waals surface area contributed by atoms with Gasteiger partial charge in [-0.25, -0.2) is 10.4 Å². The minimum Gasteiger partial charge on any atom is -0.504 e. The lowest BCUT2D eigenvalue weighted by Crippen LogP contribution is -2.27. The number of aliphatic hydroxyl groups excluding tert-OH is 1. The molecule has 4 aromatic rings. The molecule has 0 aliphatic heterocycles. The number of benzene rings is 2. The Balaban J connectivity index is 1.76. The van der Waals surface area contributed by atoms with Gasteiger partial charge < -0.3 is 15.3 Å². The van der Waals surface area contributed by atoms with E-state index in [9.17, 15) is 15.3 Å². The minimum atomic E-state index is -1.05. The molecule has 4 rings (SSSR count). The zero-order chi connectivity index (χ0) is 19.7. The third kappa shape index (κ3) is 3.25. The smallest absolute Gasteiger partial charge is 0.158 e. The summed E-state index contributed by atoms with van der Waals surface area (Å²) < 4.78 is 0. The summed E-state index contributed by atoms with van der Waals surface area (Å²) in [6.07, 6.45) is 2.24. The quantitative estimate of drug-likeness (QED) is 0.161. The monoisotopic (exact) mass is 374 g/mol. The summed E-state index contributed by atoms with van der Waals surface area (Å²) in [5.74, 6) is 5.09. The van der Waals surface area contributed by atoms with Crippen molar-refractivity contribution in [2.45, 2.75) is 6.23 Å². The lowest BCUT2D eigenvalue weighted by molar-refractivity contribution is 0.141. The van der Waals surface area contributed by atoms with Crippen molar-refractivity contribution < 1.29 is 15.3 Å². The van der Waals surface area contributed by atoms with Crippen LogP contribution in [-0.2, 0) is 0 Å². The summed E-state index contributed by atoms with van der Waals surface area (Å²) in [5, 5.41) is 30.1. The lowest BCUT2D eigenvalue weighted by atomic mass is 10.0. The molecule has 2 heterocycles. The second kappa shape index (κ2) is 7.24. The van der Waals surface area contributed by atoms with Crippen LogP contribution in [0.5, 0.6) is 11.5 Å². The summed E-state index contributed by atoms with van der Waals surface area (Å²) in [6, 6.07) is 15.8. The number of aromatic hydroxyl groups is 2. The number of hydrazine groups is 1. The van der Waals surface area contributed by atoms with E-state index in [1.54, 1.807) is 30.6 Å². The van der Waals surface area contributed by atoms with Gasteiger partial charge in [0.25, 0.3) is 0 Å². The molecule has 7 heteroatoms. The SMILES string of the molecule is NNC(O)c1cc(-c2ccc(-c3ccc(O)c(O)c3)cc2)nc2ccncc12. The van der Waals surface area contributed by atoms with E-state index in [-0.39, 0.29) is 11.5 Å². The molecule has 1 unspecified atom stereocenters. The Labute approximate surface area is 160 Å². The van der Waals surface area contributed by atoms with Gasteiger partial charge in [0.1, 0.15) is 6.23 Å². The zero-order valence-corrected chi connectivity index (χ0v) is 14.7. The summed E-state index contributed by atoms with van der Waals surface area (Å²) in [6.45, 7) is 0. The van der Waals surface area contributed by atoms with E-state index in [1.165, 1.54) is 12.1 Å². The molecule has 0 saturated carbocycles. The molecule has 0 amide bonds. The van der Waals surface area contributed by atoms with Gasteiger partial charge in [-0.05, 0) is 35.4 Å². The Bertz CT molecular complexity index is 1150. The molecule has 28 heavy (non-hydrogen) atoms. The normalized spacial score (nSPS) is 12.2. The molecule has 0 aliphatic rings. The van der Waals surface area contributed by atoms with Crippen LogP contribution < -0.4 is 11.3 Å². The topological polar surface area (TPSA) is 125 Å². The lowest BCUT2D eigenvalue weighted by Gasteiger charge is -2.14. The number of rotatable bonds is 4. The highest BCUT2D eigenvalue weighted by Crippen LogP contribution is 2.32. The largest absolute Gasteiger partial charge is 0.504 e. The van der Waals surface area contributed by atoms with E-state index in [0.29, 0.717) is 22.2 Å². The number of nitrogens with two attached hydrogens (primary N) is 1. The van der Waals surface area contributed by atoms with Crippen LogP contribution in [0.3, 0.4) is 0 Å². The molecule has 0 saturated heterocycles. The van der Waals surface area contributed by atoms with E-state index >= 15 is 0 Å². The first-order chi connectivity index (χ1) is 13.6. The summed E-state index contributed by atoms with van der Waals surface area (Å²) in [5.41, 5.74) is 6.84. The van der Waals surface area contributed by atoms with E-state index in [4.69, 9.17) is 5.84 Å². The van der Waals surface area contributed by atoms with Crippen LogP contribution in [-0.4, -0.2) is 25.3 Å². The van der Waals surface area contributed by atoms with Gasteiger partial charge >= 0.3 is 0 Å². The average molecular weight is 374 g/mol. The molecule has 2 aromatic heterocycles. The van der Waals surface area contributed by atoms with Crippen LogP contribution in [0.25, 0.3) is 33.3 Å². The van der Waals surface area contributed by atoms with Gasteiger partial charge in [0, 0.05) is 28.9 Å². The Morgan fingerprint density at radius 2 is 1.57 bits per heavy atom. The molecule has 140 valence electrons. The summed E-state index contributed by atoms with van der Waals surface area (Å²) >= 11 is 0. The van der Waals surface area contributed by atoms with Gasteiger partial charge in [0.2, 0.25) is 0 Å². The first-order valence-electron chi connectivity index (χ1n) is 8.58. The highest BCUT2D eigenvalue weighted by molar-refractivity contribution is 5.85. The second-order valence-electron chi connectivity index (χ2n) is 6.34. The van der Waals surface area contributed by atoms with Crippen LogP contribution in [0.1, 0.15) is 11.8 Å². The van der Waals surface area contributed by atoms with E-state index in [2.05, 4.69) is 15.4 Å². The van der Waals surface area contributed by atoms with Gasteiger partial charge in [-0.15, -0.1) is 0 Å². The molecular weight excluding hydrogens is 356 g/mol. The fraction of sp³-hybridized carbons (Fsp3) is 0.0476. The highest BCUT2D eigenvalue weighted by atomic mass is 16.3. The molecule has 2 aromatic carbocycles. The third-order valence-electron chi connectivity index (χ3n) is 4.58. The van der Waals surface area contributed by atoms with Crippen molar-refractivity contribution in [1.29, 1.82) is 0 Å². The molecule has 0 spiro atoms. The number of fused-ring (bicyclic) bond motifs is 1. The standard InChI is InChI=1S/C21H18N4O3/c22-25-21(28)15-10-18(24-17-7-8-23-11-16(15)17)13-3-1-12(2-4-13)14-5-6-19(26)20(27)9-14/h1-11,21,25-28H,22H2. The van der Waals surface area contributed by atoms with Crippen molar-refractivity contribution >= 4 is 10.9 Å². The molecule has 0 bridgehead atoms. The van der Waals surface area contributed by atoms with Gasteiger partial charge in [-0.1, -0.05) is 30.3 Å². The van der Waals surface area contributed by atoms with Crippen LogP contribution in [0, 0.1) is 0 Å². The number of phenols is 2. The Hall–Kier alpha value is -3.52. The van der Waals surface area contributed by atoms with Gasteiger partial charge in [-0.2, -0.15) is 0 Å². The maximum atomic E-state index is 10.2. The number of nitrogens with zero attached hydrogens (tertiary/aromatic N) is 2. The summed E-state index contributed by atoms with van der Waals surface area (Å²) in [4.78, 5) is 8.75. The van der Waals surface area contributed by atoms with Crippen molar-refractivity contribution in [3.63, 3.8) is 0 Å². The van der Waals surface area contributed by atoms with E-state index in [1.807, 2.05) is 24.3 Å². The third-order valence-corrected chi connectivity index (χ3v) is 4.58. The average Bonchev–Trinajstić information content (AvgIpc) is 2.74. The van der Waals surface area contributed by atoms with E-state index < -0.39 is 6.23 Å². The number of hydrogen-bond acceptors (Lipinski definition) is 7. The first-order valence-corrected chi connectivity index (χ1v) is 8.58. The van der Waals surface area contributed by atoms with Crippen LogP contribution in [0.2, 0.25) is 0 Å². The fourth-order valence-electron chi connectivity index (χ4n) is 3.09. The number of phenolic OH excluding ortho intramolecular Hbond substituents is 2. The fourth-order valence-corrected chi connectivity index (χ4v) is 3.09. The zero-order valence-electron chi connectivity index (χ0n) is 14.7. The molecular formula is C21H18N4O3. The number of pyridine rings is 2. The van der Waals surface area contributed by atoms with Gasteiger partial charge in [0.15, 0.2) is 11.5 Å². The van der Waals surface area contributed by atoms with Crippen LogP contribution in [0.4, 0.5) is 0 Å². The first kappa shape index (κ1) is 17.9. The Kier molecular flexibility index (Phi) is 4.62. The Morgan fingerprint density at radius 1 is 0.857 bits per heavy atom. The predicted molar refractivity (Wildman–Crippen MR) is 106 cm³/mol. The van der Waals surface area contributed by atoms with Crippen molar-refractivity contribution in [2.75, 3.05) is 0 Å². The molecule has 1 atom stereocenters. The molecule has 0 fully saturated rings. The predicted octanol–water partition coefficient (Wildman–Crippen LogP) is 2.83. The van der Waals surface area contributed by atoms with Crippen molar-refractivity contribution in [3.8, 4) is 33.9 Å².